The molecule has 2 nitrogen and oxygen atoms in total. The van der Waals surface area contributed by atoms with Gasteiger partial charge in [0.1, 0.15) is 0 Å². The Bertz CT molecular complexity index is 179. The molecule has 0 heterocycles. The van der Waals surface area contributed by atoms with E-state index >= 15 is 0 Å². The van der Waals surface area contributed by atoms with Gasteiger partial charge in [-0.25, -0.2) is 0 Å². The topological polar surface area (TPSA) is 52.0 Å². The Balaban J connectivity index is 0.000000810. The van der Waals surface area contributed by atoms with E-state index in [4.69, 9.17) is 11.5 Å². The van der Waals surface area contributed by atoms with Crippen LogP contribution in [0.5, 0.6) is 0 Å². The van der Waals surface area contributed by atoms with E-state index in [9.17, 15) is 0 Å². The number of rotatable bonds is 1. The zero-order valence-corrected chi connectivity index (χ0v) is 5.17. The van der Waals surface area contributed by atoms with E-state index in [0.29, 0.717) is 6.54 Å². The highest BCUT2D eigenvalue weighted by molar-refractivity contribution is 5.39. The highest BCUT2D eigenvalue weighted by Gasteiger charge is 1.85. The summed E-state index contributed by atoms with van der Waals surface area (Å²) in [5, 5.41) is 0. The molecule has 0 amide bonds. The molecule has 0 aromatic heterocycles. The van der Waals surface area contributed by atoms with Gasteiger partial charge in [0.2, 0.25) is 0 Å². The number of anilines is 1. The summed E-state index contributed by atoms with van der Waals surface area (Å²) in [5.74, 6) is 0. The van der Waals surface area contributed by atoms with Crippen molar-refractivity contribution in [3.63, 3.8) is 0 Å². The zero-order valence-electron chi connectivity index (χ0n) is 5.17. The van der Waals surface area contributed by atoms with Gasteiger partial charge in [-0.3, -0.25) is 0 Å². The van der Waals surface area contributed by atoms with E-state index in [2.05, 4.69) is 0 Å². The maximum atomic E-state index is 5.44. The molecule has 0 atom stereocenters. The maximum Gasteiger partial charge on any atom is 0.0314 e. The summed E-state index contributed by atoms with van der Waals surface area (Å²) in [4.78, 5) is 0. The summed E-state index contributed by atoms with van der Waals surface area (Å²) in [5.41, 5.74) is 12.7. The predicted octanol–water partition coefficient (Wildman–Crippen LogP) is 1.36. The fraction of sp³-hybridized carbons (Fsp3) is 0.250. The van der Waals surface area contributed by atoms with Crippen molar-refractivity contribution >= 4 is 5.69 Å². The lowest BCUT2D eigenvalue weighted by molar-refractivity contribution is 1.07. The second-order valence-electron chi connectivity index (χ2n) is 1.95. The molecule has 0 saturated heterocycles. The van der Waals surface area contributed by atoms with E-state index in [1.807, 2.05) is 24.3 Å². The molecular weight excluding hydrogens is 124 g/mol. The van der Waals surface area contributed by atoms with Gasteiger partial charge in [0.05, 0.1) is 0 Å². The Morgan fingerprint density at radius 2 is 1.60 bits per heavy atom. The molecule has 0 spiro atoms. The lowest BCUT2D eigenvalue weighted by Gasteiger charge is -1.94. The van der Waals surface area contributed by atoms with E-state index in [1.54, 1.807) is 0 Å². The van der Waals surface area contributed by atoms with Crippen LogP contribution in [-0.2, 0) is 6.54 Å². The van der Waals surface area contributed by atoms with Crippen molar-refractivity contribution in [3.05, 3.63) is 29.8 Å². The van der Waals surface area contributed by atoms with Crippen molar-refractivity contribution in [2.45, 2.75) is 14.0 Å². The van der Waals surface area contributed by atoms with E-state index in [1.165, 1.54) is 0 Å². The van der Waals surface area contributed by atoms with E-state index < -0.39 is 0 Å². The molecule has 0 radical (unpaired) electrons. The Hall–Kier alpha value is -1.02. The first-order valence-electron chi connectivity index (χ1n) is 2.87. The third-order valence-corrected chi connectivity index (χ3v) is 1.22. The molecule has 0 aliphatic carbocycles. The van der Waals surface area contributed by atoms with E-state index in [-0.39, 0.29) is 7.43 Å². The van der Waals surface area contributed by atoms with Crippen LogP contribution < -0.4 is 11.5 Å². The van der Waals surface area contributed by atoms with Gasteiger partial charge >= 0.3 is 0 Å². The van der Waals surface area contributed by atoms with Gasteiger partial charge in [-0.2, -0.15) is 0 Å². The molecule has 0 saturated carbocycles. The van der Waals surface area contributed by atoms with Crippen LogP contribution in [0.25, 0.3) is 0 Å². The Kier molecular flexibility index (Phi) is 3.51. The number of hydrogen-bond donors (Lipinski definition) is 2. The Morgan fingerprint density at radius 3 is 2.00 bits per heavy atom. The molecule has 0 bridgehead atoms. The average Bonchev–Trinajstić information content (AvgIpc) is 1.90. The molecule has 0 fully saturated rings. The highest BCUT2D eigenvalue weighted by Crippen LogP contribution is 2.03. The molecule has 4 N–H and O–H groups in total. The van der Waals surface area contributed by atoms with Gasteiger partial charge in [0.25, 0.3) is 0 Å². The molecule has 10 heavy (non-hydrogen) atoms. The fourth-order valence-corrected chi connectivity index (χ4v) is 0.654. The molecular formula is C8H14N2. The van der Waals surface area contributed by atoms with Crippen molar-refractivity contribution in [1.82, 2.24) is 0 Å². The number of nitrogens with two attached hydrogens (primary N) is 2. The van der Waals surface area contributed by atoms with Crippen LogP contribution in [0, 0.1) is 0 Å². The minimum atomic E-state index is 0. The van der Waals surface area contributed by atoms with Crippen molar-refractivity contribution in [1.29, 1.82) is 0 Å². The predicted molar refractivity (Wildman–Crippen MR) is 45.5 cm³/mol. The minimum absolute atomic E-state index is 0. The second-order valence-corrected chi connectivity index (χ2v) is 1.95. The largest absolute Gasteiger partial charge is 0.399 e. The third kappa shape index (κ3) is 2.07. The van der Waals surface area contributed by atoms with E-state index in [0.717, 1.165) is 11.3 Å². The average molecular weight is 138 g/mol. The van der Waals surface area contributed by atoms with Crippen LogP contribution in [0.4, 0.5) is 5.69 Å². The molecule has 0 aliphatic rings. The zero-order chi connectivity index (χ0) is 6.69. The van der Waals surface area contributed by atoms with Crippen molar-refractivity contribution in [2.75, 3.05) is 5.73 Å². The monoisotopic (exact) mass is 138 g/mol. The van der Waals surface area contributed by atoms with Crippen LogP contribution in [0.2, 0.25) is 0 Å². The number of benzene rings is 1. The summed E-state index contributed by atoms with van der Waals surface area (Å²) in [6.45, 7) is 0.584. The first kappa shape index (κ1) is 8.98. The van der Waals surface area contributed by atoms with Gasteiger partial charge < -0.3 is 11.5 Å². The van der Waals surface area contributed by atoms with Crippen molar-refractivity contribution < 1.29 is 0 Å². The molecule has 0 unspecified atom stereocenters. The fourth-order valence-electron chi connectivity index (χ4n) is 0.654. The third-order valence-electron chi connectivity index (χ3n) is 1.22. The quantitative estimate of drug-likeness (QED) is 0.576. The van der Waals surface area contributed by atoms with Gasteiger partial charge in [-0.15, -0.1) is 0 Å². The molecule has 1 aromatic carbocycles. The summed E-state index contributed by atoms with van der Waals surface area (Å²) >= 11 is 0. The van der Waals surface area contributed by atoms with Crippen LogP contribution in [0.1, 0.15) is 13.0 Å². The Labute approximate surface area is 61.8 Å². The van der Waals surface area contributed by atoms with Crippen LogP contribution in [-0.4, -0.2) is 0 Å². The lowest BCUT2D eigenvalue weighted by atomic mass is 10.2. The van der Waals surface area contributed by atoms with Gasteiger partial charge in [0, 0.05) is 12.2 Å². The van der Waals surface area contributed by atoms with Gasteiger partial charge in [-0.05, 0) is 17.7 Å². The number of hydrogen-bond acceptors (Lipinski definition) is 2. The minimum Gasteiger partial charge on any atom is -0.399 e. The van der Waals surface area contributed by atoms with Gasteiger partial charge in [-0.1, -0.05) is 19.6 Å². The van der Waals surface area contributed by atoms with Crippen molar-refractivity contribution in [2.24, 2.45) is 5.73 Å². The van der Waals surface area contributed by atoms with Crippen LogP contribution in [0.3, 0.4) is 0 Å². The van der Waals surface area contributed by atoms with Crippen molar-refractivity contribution in [3.8, 4) is 0 Å². The second kappa shape index (κ2) is 3.90. The summed E-state index contributed by atoms with van der Waals surface area (Å²) in [6.07, 6.45) is 0. The maximum absolute atomic E-state index is 5.44. The standard InChI is InChI=1S/C7H10N2.CH4/c8-5-6-1-3-7(9)4-2-6;/h1-4H,5,8-9H2;1H4. The first-order valence-corrected chi connectivity index (χ1v) is 2.87. The number of nitrogen functional groups attached to an aromatic ring is 1. The molecule has 1 rings (SSSR count). The molecule has 56 valence electrons. The summed E-state index contributed by atoms with van der Waals surface area (Å²) < 4.78 is 0. The lowest BCUT2D eigenvalue weighted by Crippen LogP contribution is -1.95. The SMILES string of the molecule is C.NCc1ccc(N)cc1. The van der Waals surface area contributed by atoms with Gasteiger partial charge in [0.15, 0.2) is 0 Å². The van der Waals surface area contributed by atoms with Crippen LogP contribution >= 0.6 is 0 Å². The Morgan fingerprint density at radius 1 is 1.10 bits per heavy atom. The molecule has 0 aliphatic heterocycles. The smallest absolute Gasteiger partial charge is 0.0314 e. The summed E-state index contributed by atoms with van der Waals surface area (Å²) in [7, 11) is 0. The van der Waals surface area contributed by atoms with Crippen LogP contribution in [0.15, 0.2) is 24.3 Å². The normalized spacial score (nSPS) is 8.50. The highest BCUT2D eigenvalue weighted by atomic mass is 14.5. The molecule has 2 heteroatoms. The summed E-state index contributed by atoms with van der Waals surface area (Å²) in [6, 6.07) is 7.55. The molecule has 1 aromatic rings. The first-order chi connectivity index (χ1) is 4.33.